The molecule has 1 heterocycles. The van der Waals surface area contributed by atoms with Crippen molar-refractivity contribution in [3.63, 3.8) is 0 Å². The Kier molecular flexibility index (Phi) is 7.16. The first-order valence-electron chi connectivity index (χ1n) is 8.11. The molecule has 1 saturated heterocycles. The Morgan fingerprint density at radius 3 is 3.04 bits per heavy atom. The SMILES string of the molecule is COc1ccc(OCCCN)c(C(=O)NC[C@H]2CCCOC2)c1. The highest BCUT2D eigenvalue weighted by Gasteiger charge is 2.18. The van der Waals surface area contributed by atoms with Crippen molar-refractivity contribution in [2.45, 2.75) is 19.3 Å². The van der Waals surface area contributed by atoms with Crippen molar-refractivity contribution in [1.82, 2.24) is 5.32 Å². The highest BCUT2D eigenvalue weighted by atomic mass is 16.5. The minimum atomic E-state index is -0.155. The summed E-state index contributed by atoms with van der Waals surface area (Å²) < 4.78 is 16.3. The number of ether oxygens (including phenoxy) is 3. The van der Waals surface area contributed by atoms with Gasteiger partial charge in [0.05, 0.1) is 25.9 Å². The number of nitrogens with one attached hydrogen (secondary N) is 1. The van der Waals surface area contributed by atoms with Gasteiger partial charge < -0.3 is 25.3 Å². The Bertz CT molecular complexity index is 501. The van der Waals surface area contributed by atoms with Crippen LogP contribution < -0.4 is 20.5 Å². The minimum absolute atomic E-state index is 0.155. The Balaban J connectivity index is 2.00. The van der Waals surface area contributed by atoms with Gasteiger partial charge in [0.25, 0.3) is 5.91 Å². The molecule has 6 nitrogen and oxygen atoms in total. The molecule has 1 aromatic carbocycles. The fourth-order valence-electron chi connectivity index (χ4n) is 2.51. The van der Waals surface area contributed by atoms with Crippen LogP contribution in [-0.4, -0.2) is 45.9 Å². The number of nitrogens with two attached hydrogens (primary N) is 1. The van der Waals surface area contributed by atoms with Crippen LogP contribution in [-0.2, 0) is 4.74 Å². The molecule has 0 aromatic heterocycles. The molecule has 1 fully saturated rings. The summed E-state index contributed by atoms with van der Waals surface area (Å²) in [5, 5.41) is 2.97. The van der Waals surface area contributed by atoms with Gasteiger partial charge in [-0.25, -0.2) is 0 Å². The number of amides is 1. The predicted octanol–water partition coefficient (Wildman–Crippen LogP) is 1.58. The molecule has 1 amide bonds. The number of carbonyl (C=O) groups excluding carboxylic acids is 1. The Morgan fingerprint density at radius 1 is 1.48 bits per heavy atom. The van der Waals surface area contributed by atoms with Gasteiger partial charge in [-0.05, 0) is 49.9 Å². The van der Waals surface area contributed by atoms with E-state index in [1.807, 2.05) is 0 Å². The van der Waals surface area contributed by atoms with Gasteiger partial charge in [0.15, 0.2) is 0 Å². The zero-order valence-electron chi connectivity index (χ0n) is 13.7. The lowest BCUT2D eigenvalue weighted by molar-refractivity contribution is 0.0536. The lowest BCUT2D eigenvalue weighted by Crippen LogP contribution is -2.33. The molecule has 2 rings (SSSR count). The maximum absolute atomic E-state index is 12.5. The van der Waals surface area contributed by atoms with Gasteiger partial charge in [0.1, 0.15) is 11.5 Å². The highest BCUT2D eigenvalue weighted by Crippen LogP contribution is 2.24. The Morgan fingerprint density at radius 2 is 2.35 bits per heavy atom. The minimum Gasteiger partial charge on any atom is -0.497 e. The molecule has 23 heavy (non-hydrogen) atoms. The third kappa shape index (κ3) is 5.41. The molecule has 1 atom stereocenters. The first-order chi connectivity index (χ1) is 11.2. The number of hydrogen-bond donors (Lipinski definition) is 2. The molecule has 6 heteroatoms. The van der Waals surface area contributed by atoms with E-state index in [2.05, 4.69) is 5.32 Å². The summed E-state index contributed by atoms with van der Waals surface area (Å²) in [4.78, 5) is 12.5. The van der Waals surface area contributed by atoms with Crippen LogP contribution in [0.2, 0.25) is 0 Å². The molecule has 1 aliphatic heterocycles. The van der Waals surface area contributed by atoms with Gasteiger partial charge in [-0.2, -0.15) is 0 Å². The van der Waals surface area contributed by atoms with Gasteiger partial charge >= 0.3 is 0 Å². The van der Waals surface area contributed by atoms with E-state index in [-0.39, 0.29) is 5.91 Å². The largest absolute Gasteiger partial charge is 0.497 e. The average molecular weight is 322 g/mol. The number of methoxy groups -OCH3 is 1. The van der Waals surface area contributed by atoms with Crippen molar-refractivity contribution in [3.05, 3.63) is 23.8 Å². The van der Waals surface area contributed by atoms with Crippen LogP contribution in [0.1, 0.15) is 29.6 Å². The van der Waals surface area contributed by atoms with Crippen LogP contribution in [0.15, 0.2) is 18.2 Å². The van der Waals surface area contributed by atoms with Crippen LogP contribution in [0.5, 0.6) is 11.5 Å². The molecule has 0 spiro atoms. The van der Waals surface area contributed by atoms with Crippen LogP contribution >= 0.6 is 0 Å². The molecular weight excluding hydrogens is 296 g/mol. The molecule has 3 N–H and O–H groups in total. The third-order valence-corrected chi connectivity index (χ3v) is 3.84. The summed E-state index contributed by atoms with van der Waals surface area (Å²) in [7, 11) is 1.57. The lowest BCUT2D eigenvalue weighted by atomic mass is 10.0. The van der Waals surface area contributed by atoms with E-state index in [0.717, 1.165) is 25.9 Å². The molecule has 0 saturated carbocycles. The normalized spacial score (nSPS) is 17.6. The number of rotatable bonds is 8. The highest BCUT2D eigenvalue weighted by molar-refractivity contribution is 5.97. The molecule has 1 aromatic rings. The number of hydrogen-bond acceptors (Lipinski definition) is 5. The van der Waals surface area contributed by atoms with E-state index in [1.165, 1.54) is 0 Å². The van der Waals surface area contributed by atoms with Crippen molar-refractivity contribution in [2.24, 2.45) is 11.7 Å². The molecular formula is C17H26N2O4. The van der Waals surface area contributed by atoms with Crippen LogP contribution in [0.4, 0.5) is 0 Å². The standard InChI is InChI=1S/C17H26N2O4/c1-21-14-5-6-16(23-9-3-7-18)15(10-14)17(20)19-11-13-4-2-8-22-12-13/h5-6,10,13H,2-4,7-9,11-12,18H2,1H3,(H,19,20)/t13-/m1/s1. The predicted molar refractivity (Wildman–Crippen MR) is 88.0 cm³/mol. The summed E-state index contributed by atoms with van der Waals surface area (Å²) in [5.41, 5.74) is 5.96. The molecule has 0 aliphatic carbocycles. The van der Waals surface area contributed by atoms with Crippen LogP contribution in [0.3, 0.4) is 0 Å². The maximum Gasteiger partial charge on any atom is 0.255 e. The second-order valence-corrected chi connectivity index (χ2v) is 5.65. The van der Waals surface area contributed by atoms with E-state index in [1.54, 1.807) is 25.3 Å². The zero-order chi connectivity index (χ0) is 16.5. The summed E-state index contributed by atoms with van der Waals surface area (Å²) in [6, 6.07) is 5.24. The number of carbonyl (C=O) groups is 1. The quantitative estimate of drug-likeness (QED) is 0.710. The van der Waals surface area contributed by atoms with Gasteiger partial charge in [0, 0.05) is 13.2 Å². The van der Waals surface area contributed by atoms with Gasteiger partial charge in [-0.3, -0.25) is 4.79 Å². The first-order valence-corrected chi connectivity index (χ1v) is 8.11. The van der Waals surface area contributed by atoms with Crippen LogP contribution in [0, 0.1) is 5.92 Å². The van der Waals surface area contributed by atoms with Crippen molar-refractivity contribution < 1.29 is 19.0 Å². The van der Waals surface area contributed by atoms with Crippen molar-refractivity contribution in [1.29, 1.82) is 0 Å². The maximum atomic E-state index is 12.5. The molecule has 1 aliphatic rings. The van der Waals surface area contributed by atoms with E-state index < -0.39 is 0 Å². The van der Waals surface area contributed by atoms with E-state index in [4.69, 9.17) is 19.9 Å². The van der Waals surface area contributed by atoms with Crippen molar-refractivity contribution in [2.75, 3.05) is 40.0 Å². The molecule has 0 bridgehead atoms. The summed E-state index contributed by atoms with van der Waals surface area (Å²) in [6.07, 6.45) is 2.87. The van der Waals surface area contributed by atoms with Crippen molar-refractivity contribution >= 4 is 5.91 Å². The van der Waals surface area contributed by atoms with E-state index >= 15 is 0 Å². The average Bonchev–Trinajstić information content (AvgIpc) is 2.61. The first kappa shape index (κ1) is 17.6. The Labute approximate surface area is 137 Å². The summed E-state index contributed by atoms with van der Waals surface area (Å²) >= 11 is 0. The third-order valence-electron chi connectivity index (χ3n) is 3.84. The second kappa shape index (κ2) is 9.37. The lowest BCUT2D eigenvalue weighted by Gasteiger charge is -2.22. The van der Waals surface area contributed by atoms with Crippen molar-refractivity contribution in [3.8, 4) is 11.5 Å². The molecule has 128 valence electrons. The zero-order valence-corrected chi connectivity index (χ0v) is 13.7. The topological polar surface area (TPSA) is 82.8 Å². The summed E-state index contributed by atoms with van der Waals surface area (Å²) in [5.74, 6) is 1.40. The van der Waals surface area contributed by atoms with Crippen LogP contribution in [0.25, 0.3) is 0 Å². The molecule has 0 radical (unpaired) electrons. The monoisotopic (exact) mass is 322 g/mol. The van der Waals surface area contributed by atoms with Gasteiger partial charge in [0.2, 0.25) is 0 Å². The second-order valence-electron chi connectivity index (χ2n) is 5.65. The van der Waals surface area contributed by atoms with E-state index in [0.29, 0.717) is 49.3 Å². The number of benzene rings is 1. The van der Waals surface area contributed by atoms with Gasteiger partial charge in [-0.1, -0.05) is 0 Å². The van der Waals surface area contributed by atoms with E-state index in [9.17, 15) is 4.79 Å². The summed E-state index contributed by atoms with van der Waals surface area (Å²) in [6.45, 7) is 3.18. The molecule has 0 unspecified atom stereocenters. The van der Waals surface area contributed by atoms with Gasteiger partial charge in [-0.15, -0.1) is 0 Å². The fraction of sp³-hybridized carbons (Fsp3) is 0.588. The fourth-order valence-corrected chi connectivity index (χ4v) is 2.51. The smallest absolute Gasteiger partial charge is 0.255 e. The Hall–Kier alpha value is -1.79.